The van der Waals surface area contributed by atoms with Crippen LogP contribution in [-0.2, 0) is 4.79 Å². The molecule has 2 nitrogen and oxygen atoms in total. The number of para-hydroxylation sites is 1. The number of allylic oxidation sites excluding steroid dienone is 2. The van der Waals surface area contributed by atoms with Crippen LogP contribution in [0.2, 0.25) is 0 Å². The summed E-state index contributed by atoms with van der Waals surface area (Å²) in [6, 6.07) is 9.54. The molecule has 0 fully saturated rings. The van der Waals surface area contributed by atoms with Crippen LogP contribution in [0.15, 0.2) is 47.5 Å². The van der Waals surface area contributed by atoms with Crippen molar-refractivity contribution in [2.45, 2.75) is 0 Å². The van der Waals surface area contributed by atoms with Crippen molar-refractivity contribution < 1.29 is 4.79 Å². The molecule has 2 heteroatoms. The summed E-state index contributed by atoms with van der Waals surface area (Å²) in [5.41, 5.74) is 0.882. The smallest absolute Gasteiger partial charge is 0.142 e. The van der Waals surface area contributed by atoms with E-state index in [1.807, 2.05) is 30.3 Å². The molecule has 0 saturated carbocycles. The lowest BCUT2D eigenvalue weighted by molar-refractivity contribution is -0.104. The van der Waals surface area contributed by atoms with Crippen LogP contribution in [0, 0.1) is 0 Å². The van der Waals surface area contributed by atoms with Gasteiger partial charge in [-0.1, -0.05) is 18.2 Å². The maximum absolute atomic E-state index is 9.87. The lowest BCUT2D eigenvalue weighted by atomic mass is 10.3. The molecule has 0 aliphatic carbocycles. The quantitative estimate of drug-likeness (QED) is 0.377. The van der Waals surface area contributed by atoms with Crippen molar-refractivity contribution in [2.24, 2.45) is 4.99 Å². The number of carbonyl (C=O) groups excluding carboxylic acids is 1. The van der Waals surface area contributed by atoms with Crippen LogP contribution in [0.3, 0.4) is 0 Å². The standard InChI is InChI=1S/C10H9NO/c12-9-5-4-8-11-10-6-2-1-3-7-10/h1-9H/b5-4-,11-8?. The molecule has 0 bridgehead atoms. The molecule has 60 valence electrons. The molecule has 1 aromatic rings. The molecule has 1 aromatic carbocycles. The lowest BCUT2D eigenvalue weighted by Crippen LogP contribution is -1.66. The summed E-state index contributed by atoms with van der Waals surface area (Å²) in [4.78, 5) is 13.9. The molecule has 0 aromatic heterocycles. The fraction of sp³-hybridized carbons (Fsp3) is 0. The first-order valence-corrected chi connectivity index (χ1v) is 3.63. The minimum absolute atomic E-state index is 0.719. The predicted molar refractivity (Wildman–Crippen MR) is 49.8 cm³/mol. The van der Waals surface area contributed by atoms with E-state index in [4.69, 9.17) is 0 Å². The highest BCUT2D eigenvalue weighted by Crippen LogP contribution is 2.07. The highest BCUT2D eigenvalue weighted by Gasteiger charge is 1.79. The van der Waals surface area contributed by atoms with Gasteiger partial charge in [-0.05, 0) is 24.3 Å². The highest BCUT2D eigenvalue weighted by molar-refractivity contribution is 5.80. The maximum atomic E-state index is 9.87. The zero-order chi connectivity index (χ0) is 8.65. The Bertz CT molecular complexity index is 288. The Morgan fingerprint density at radius 2 is 1.83 bits per heavy atom. The van der Waals surface area contributed by atoms with Gasteiger partial charge >= 0.3 is 0 Å². The summed E-state index contributed by atoms with van der Waals surface area (Å²) >= 11 is 0. The number of carbonyl (C=O) groups is 1. The van der Waals surface area contributed by atoms with Crippen LogP contribution in [0.1, 0.15) is 0 Å². The van der Waals surface area contributed by atoms with Gasteiger partial charge in [0.25, 0.3) is 0 Å². The van der Waals surface area contributed by atoms with E-state index in [2.05, 4.69) is 4.99 Å². The van der Waals surface area contributed by atoms with E-state index in [-0.39, 0.29) is 0 Å². The number of hydrogen-bond acceptors (Lipinski definition) is 2. The average Bonchev–Trinajstić information content (AvgIpc) is 2.14. The summed E-state index contributed by atoms with van der Waals surface area (Å²) in [5, 5.41) is 0. The van der Waals surface area contributed by atoms with E-state index in [1.54, 1.807) is 12.3 Å². The molecule has 0 aliphatic rings. The number of nitrogens with zero attached hydrogens (tertiary/aromatic N) is 1. The molecular formula is C10H9NO. The molecule has 0 radical (unpaired) electrons. The molecule has 0 amide bonds. The second-order valence-electron chi connectivity index (χ2n) is 2.13. The molecule has 0 aliphatic heterocycles. The van der Waals surface area contributed by atoms with Crippen molar-refractivity contribution in [1.29, 1.82) is 0 Å². The van der Waals surface area contributed by atoms with Gasteiger partial charge in [0.15, 0.2) is 0 Å². The van der Waals surface area contributed by atoms with Crippen LogP contribution in [-0.4, -0.2) is 12.5 Å². The average molecular weight is 159 g/mol. The van der Waals surface area contributed by atoms with Gasteiger partial charge in [0.2, 0.25) is 0 Å². The summed E-state index contributed by atoms with van der Waals surface area (Å²) in [5.74, 6) is 0. The third kappa shape index (κ3) is 2.92. The molecule has 0 unspecified atom stereocenters. The van der Waals surface area contributed by atoms with E-state index < -0.39 is 0 Å². The van der Waals surface area contributed by atoms with E-state index in [1.165, 1.54) is 6.08 Å². The molecule has 0 heterocycles. The van der Waals surface area contributed by atoms with Gasteiger partial charge in [0.1, 0.15) is 6.29 Å². The van der Waals surface area contributed by atoms with Crippen molar-refractivity contribution >= 4 is 18.2 Å². The Balaban J connectivity index is 2.58. The third-order valence-electron chi connectivity index (χ3n) is 1.26. The Kier molecular flexibility index (Phi) is 3.51. The molecule has 0 atom stereocenters. The zero-order valence-electron chi connectivity index (χ0n) is 6.55. The molecule has 0 N–H and O–H groups in total. The minimum Gasteiger partial charge on any atom is -0.299 e. The van der Waals surface area contributed by atoms with Gasteiger partial charge in [0, 0.05) is 6.21 Å². The largest absolute Gasteiger partial charge is 0.299 e. The summed E-state index contributed by atoms with van der Waals surface area (Å²) in [6.07, 6.45) is 5.30. The number of aldehydes is 1. The summed E-state index contributed by atoms with van der Waals surface area (Å²) in [6.45, 7) is 0. The fourth-order valence-electron chi connectivity index (χ4n) is 0.738. The van der Waals surface area contributed by atoms with E-state index in [0.29, 0.717) is 0 Å². The number of hydrogen-bond donors (Lipinski definition) is 0. The monoisotopic (exact) mass is 159 g/mol. The second-order valence-corrected chi connectivity index (χ2v) is 2.13. The Labute approximate surface area is 71.3 Å². The van der Waals surface area contributed by atoms with Crippen molar-refractivity contribution in [3.05, 3.63) is 42.5 Å². The Morgan fingerprint density at radius 1 is 1.08 bits per heavy atom. The predicted octanol–water partition coefficient (Wildman–Crippen LogP) is 2.14. The first-order chi connectivity index (χ1) is 5.93. The molecular weight excluding hydrogens is 150 g/mol. The number of rotatable bonds is 3. The summed E-state index contributed by atoms with van der Waals surface area (Å²) in [7, 11) is 0. The number of aliphatic imine (C=N–C) groups is 1. The normalized spacial score (nSPS) is 11.0. The van der Waals surface area contributed by atoms with Gasteiger partial charge in [0.05, 0.1) is 5.69 Å². The molecule has 1 rings (SSSR count). The van der Waals surface area contributed by atoms with Crippen molar-refractivity contribution in [3.63, 3.8) is 0 Å². The fourth-order valence-corrected chi connectivity index (χ4v) is 0.738. The summed E-state index contributed by atoms with van der Waals surface area (Å²) < 4.78 is 0. The molecule has 0 saturated heterocycles. The van der Waals surface area contributed by atoms with Crippen LogP contribution in [0.4, 0.5) is 5.69 Å². The van der Waals surface area contributed by atoms with Crippen LogP contribution >= 0.6 is 0 Å². The van der Waals surface area contributed by atoms with E-state index >= 15 is 0 Å². The Morgan fingerprint density at radius 3 is 2.50 bits per heavy atom. The van der Waals surface area contributed by atoms with Gasteiger partial charge in [-0.15, -0.1) is 0 Å². The minimum atomic E-state index is 0.719. The lowest BCUT2D eigenvalue weighted by Gasteiger charge is -1.87. The SMILES string of the molecule is O=C/C=C\C=Nc1ccccc1. The van der Waals surface area contributed by atoms with E-state index in [0.717, 1.165) is 12.0 Å². The van der Waals surface area contributed by atoms with E-state index in [9.17, 15) is 4.79 Å². The van der Waals surface area contributed by atoms with Gasteiger partial charge in [-0.3, -0.25) is 9.79 Å². The maximum Gasteiger partial charge on any atom is 0.142 e. The van der Waals surface area contributed by atoms with Crippen LogP contribution in [0.25, 0.3) is 0 Å². The van der Waals surface area contributed by atoms with Crippen molar-refractivity contribution in [2.75, 3.05) is 0 Å². The zero-order valence-corrected chi connectivity index (χ0v) is 6.55. The third-order valence-corrected chi connectivity index (χ3v) is 1.26. The topological polar surface area (TPSA) is 29.4 Å². The first kappa shape index (κ1) is 8.40. The highest BCUT2D eigenvalue weighted by atomic mass is 16.1. The van der Waals surface area contributed by atoms with Crippen LogP contribution in [0.5, 0.6) is 0 Å². The van der Waals surface area contributed by atoms with Crippen molar-refractivity contribution in [3.8, 4) is 0 Å². The molecule has 12 heavy (non-hydrogen) atoms. The van der Waals surface area contributed by atoms with Crippen LogP contribution < -0.4 is 0 Å². The van der Waals surface area contributed by atoms with Gasteiger partial charge in [-0.25, -0.2) is 0 Å². The first-order valence-electron chi connectivity index (χ1n) is 3.63. The molecule has 0 spiro atoms. The van der Waals surface area contributed by atoms with Gasteiger partial charge in [-0.2, -0.15) is 0 Å². The second kappa shape index (κ2) is 5.02. The van der Waals surface area contributed by atoms with Crippen molar-refractivity contribution in [1.82, 2.24) is 0 Å². The number of benzene rings is 1. The van der Waals surface area contributed by atoms with Gasteiger partial charge < -0.3 is 0 Å². The Hall–Kier alpha value is -1.70.